The van der Waals surface area contributed by atoms with E-state index in [0.29, 0.717) is 11.5 Å². The van der Waals surface area contributed by atoms with E-state index in [1.807, 2.05) is 0 Å². The number of halogens is 1. The number of sulfonamides is 1. The van der Waals surface area contributed by atoms with Crippen LogP contribution in [-0.4, -0.2) is 40.7 Å². The number of ether oxygens (including phenoxy) is 1. The van der Waals surface area contributed by atoms with Gasteiger partial charge in [-0.05, 0) is 47.7 Å². The molecule has 1 heterocycles. The molecule has 0 saturated heterocycles. The van der Waals surface area contributed by atoms with Crippen molar-refractivity contribution in [2.45, 2.75) is 11.8 Å². The summed E-state index contributed by atoms with van der Waals surface area (Å²) in [6.07, 6.45) is 0. The van der Waals surface area contributed by atoms with Crippen molar-refractivity contribution in [1.29, 1.82) is 0 Å². The minimum atomic E-state index is -4.32. The summed E-state index contributed by atoms with van der Waals surface area (Å²) in [6.45, 7) is 1.61. The second-order valence-corrected chi connectivity index (χ2v) is 7.18. The normalized spacial score (nSPS) is 11.2. The fourth-order valence-electron chi connectivity index (χ4n) is 2.38. The number of benzene rings is 2. The number of hydrogen-bond donors (Lipinski definition) is 1. The van der Waals surface area contributed by atoms with E-state index in [9.17, 15) is 22.9 Å². The minimum absolute atomic E-state index is 0.105. The molecular weight excluding hydrogens is 395 g/mol. The van der Waals surface area contributed by atoms with Crippen molar-refractivity contribution >= 4 is 21.4 Å². The number of nitrogens with one attached hydrogen (secondary N) is 1. The fourth-order valence-corrected chi connectivity index (χ4v) is 3.45. The van der Waals surface area contributed by atoms with E-state index in [2.05, 4.69) is 20.2 Å². The highest BCUT2D eigenvalue weighted by atomic mass is 32.2. The highest BCUT2D eigenvalue weighted by Gasteiger charge is 2.23. The van der Waals surface area contributed by atoms with Gasteiger partial charge in [0.2, 0.25) is 0 Å². The third kappa shape index (κ3) is 3.59. The van der Waals surface area contributed by atoms with Crippen molar-refractivity contribution in [3.63, 3.8) is 0 Å². The molecule has 2 aromatic carbocycles. The van der Waals surface area contributed by atoms with E-state index >= 15 is 0 Å². The Morgan fingerprint density at radius 1 is 1.25 bits per heavy atom. The summed E-state index contributed by atoms with van der Waals surface area (Å²) in [7, 11) is -3.10. The number of anilines is 1. The van der Waals surface area contributed by atoms with Crippen LogP contribution in [0.1, 0.15) is 5.82 Å². The molecule has 13 heteroatoms. The Bertz CT molecular complexity index is 1160. The summed E-state index contributed by atoms with van der Waals surface area (Å²) >= 11 is 0. The van der Waals surface area contributed by atoms with Gasteiger partial charge < -0.3 is 4.74 Å². The zero-order chi connectivity index (χ0) is 20.5. The molecule has 146 valence electrons. The summed E-state index contributed by atoms with van der Waals surface area (Å²) in [5.41, 5.74) is -0.586. The number of aromatic nitrogens is 4. The van der Waals surface area contributed by atoms with E-state index in [1.54, 1.807) is 6.92 Å². The maximum atomic E-state index is 14.2. The molecule has 0 unspecified atom stereocenters. The average molecular weight is 408 g/mol. The predicted octanol–water partition coefficient (Wildman–Crippen LogP) is 1.83. The van der Waals surface area contributed by atoms with Gasteiger partial charge in [-0.2, -0.15) is 4.68 Å². The minimum Gasteiger partial charge on any atom is -0.490 e. The molecule has 3 rings (SSSR count). The van der Waals surface area contributed by atoms with E-state index in [-0.39, 0.29) is 11.4 Å². The first-order valence-electron chi connectivity index (χ1n) is 7.63. The predicted molar refractivity (Wildman–Crippen MR) is 94.3 cm³/mol. The Labute approximate surface area is 158 Å². The Balaban J connectivity index is 2.00. The standard InChI is InChI=1S/C15H13FN6O5S/c1-9-17-19-20-21(9)10-3-5-12(16)13(7-10)18-28(25,26)11-4-6-15(27-2)14(8-11)22(23)24/h3-8,18H,1-2H3. The van der Waals surface area contributed by atoms with Gasteiger partial charge in [-0.25, -0.2) is 12.8 Å². The molecule has 0 spiro atoms. The monoisotopic (exact) mass is 408 g/mol. The zero-order valence-electron chi connectivity index (χ0n) is 14.5. The van der Waals surface area contributed by atoms with Crippen LogP contribution in [0.25, 0.3) is 5.69 Å². The third-order valence-electron chi connectivity index (χ3n) is 3.72. The Morgan fingerprint density at radius 3 is 2.61 bits per heavy atom. The first-order valence-corrected chi connectivity index (χ1v) is 9.11. The molecule has 0 atom stereocenters. The molecule has 0 radical (unpaired) electrons. The maximum Gasteiger partial charge on any atom is 0.312 e. The molecule has 1 N–H and O–H groups in total. The highest BCUT2D eigenvalue weighted by molar-refractivity contribution is 7.92. The Morgan fingerprint density at radius 2 is 2.00 bits per heavy atom. The van der Waals surface area contributed by atoms with Gasteiger partial charge in [-0.1, -0.05) is 0 Å². The van der Waals surface area contributed by atoms with Crippen LogP contribution in [-0.2, 0) is 10.0 Å². The number of rotatable bonds is 6. The molecule has 0 fully saturated rings. The molecule has 0 aliphatic carbocycles. The van der Waals surface area contributed by atoms with Crippen molar-refractivity contribution in [3.8, 4) is 11.4 Å². The van der Waals surface area contributed by atoms with E-state index in [1.165, 1.54) is 23.9 Å². The lowest BCUT2D eigenvalue weighted by atomic mass is 10.2. The Hall–Kier alpha value is -3.61. The number of methoxy groups -OCH3 is 1. The number of tetrazole rings is 1. The summed E-state index contributed by atoms with van der Waals surface area (Å²) in [4.78, 5) is 9.90. The quantitative estimate of drug-likeness (QED) is 0.481. The van der Waals surface area contributed by atoms with Crippen molar-refractivity contribution in [2.24, 2.45) is 0 Å². The van der Waals surface area contributed by atoms with Crippen LogP contribution < -0.4 is 9.46 Å². The number of hydrogen-bond acceptors (Lipinski definition) is 8. The van der Waals surface area contributed by atoms with Crippen LogP contribution in [0, 0.1) is 22.9 Å². The van der Waals surface area contributed by atoms with E-state index in [4.69, 9.17) is 4.74 Å². The summed E-state index contributed by atoms with van der Waals surface area (Å²) in [5.74, 6) is -0.543. The van der Waals surface area contributed by atoms with E-state index < -0.39 is 31.3 Å². The second-order valence-electron chi connectivity index (χ2n) is 5.50. The van der Waals surface area contributed by atoms with Gasteiger partial charge in [0, 0.05) is 6.07 Å². The van der Waals surface area contributed by atoms with Gasteiger partial charge in [0.15, 0.2) is 11.6 Å². The summed E-state index contributed by atoms with van der Waals surface area (Å²) < 4.78 is 47.6. The molecule has 1 aromatic heterocycles. The van der Waals surface area contributed by atoms with Crippen molar-refractivity contribution in [2.75, 3.05) is 11.8 Å². The van der Waals surface area contributed by atoms with Gasteiger partial charge in [0.25, 0.3) is 10.0 Å². The van der Waals surface area contributed by atoms with Crippen LogP contribution in [0.5, 0.6) is 5.75 Å². The molecule has 11 nitrogen and oxygen atoms in total. The lowest BCUT2D eigenvalue weighted by Gasteiger charge is -2.11. The van der Waals surface area contributed by atoms with Crippen LogP contribution in [0.15, 0.2) is 41.3 Å². The van der Waals surface area contributed by atoms with E-state index in [0.717, 1.165) is 24.3 Å². The number of nitro groups is 1. The molecule has 0 saturated carbocycles. The van der Waals surface area contributed by atoms with Gasteiger partial charge >= 0.3 is 5.69 Å². The SMILES string of the molecule is COc1ccc(S(=O)(=O)Nc2cc(-n3nnnc3C)ccc2F)cc1[N+](=O)[O-]. The Kier molecular flexibility index (Phi) is 4.92. The number of nitrogens with zero attached hydrogens (tertiary/aromatic N) is 5. The average Bonchev–Trinajstić information content (AvgIpc) is 3.08. The zero-order valence-corrected chi connectivity index (χ0v) is 15.3. The summed E-state index contributed by atoms with van der Waals surface area (Å²) in [5, 5.41) is 22.0. The molecule has 3 aromatic rings. The van der Waals surface area contributed by atoms with Crippen LogP contribution in [0.4, 0.5) is 15.8 Å². The lowest BCUT2D eigenvalue weighted by Crippen LogP contribution is -2.15. The highest BCUT2D eigenvalue weighted by Crippen LogP contribution is 2.30. The smallest absolute Gasteiger partial charge is 0.312 e. The van der Waals surface area contributed by atoms with Crippen molar-refractivity contribution in [3.05, 3.63) is 58.2 Å². The van der Waals surface area contributed by atoms with Gasteiger partial charge in [-0.15, -0.1) is 5.10 Å². The molecular formula is C15H13FN6O5S. The van der Waals surface area contributed by atoms with Crippen LogP contribution in [0.3, 0.4) is 0 Å². The second kappa shape index (κ2) is 7.19. The molecule has 0 aliphatic heterocycles. The first kappa shape index (κ1) is 19.2. The van der Waals surface area contributed by atoms with Crippen molar-refractivity contribution < 1.29 is 22.5 Å². The maximum absolute atomic E-state index is 14.2. The van der Waals surface area contributed by atoms with Gasteiger partial charge in [0.1, 0.15) is 5.82 Å². The first-order chi connectivity index (χ1) is 13.2. The largest absolute Gasteiger partial charge is 0.490 e. The third-order valence-corrected chi connectivity index (χ3v) is 5.08. The van der Waals surface area contributed by atoms with Gasteiger partial charge in [0.05, 0.1) is 28.3 Å². The molecule has 0 bridgehead atoms. The van der Waals surface area contributed by atoms with Crippen LogP contribution >= 0.6 is 0 Å². The lowest BCUT2D eigenvalue weighted by molar-refractivity contribution is -0.386. The molecule has 0 amide bonds. The number of nitro benzene ring substituents is 1. The van der Waals surface area contributed by atoms with Crippen molar-refractivity contribution in [1.82, 2.24) is 20.2 Å². The molecule has 0 aliphatic rings. The topological polar surface area (TPSA) is 142 Å². The fraction of sp³-hybridized carbons (Fsp3) is 0.133. The summed E-state index contributed by atoms with van der Waals surface area (Å²) in [6, 6.07) is 6.70. The number of aryl methyl sites for hydroxylation is 1. The van der Waals surface area contributed by atoms with Gasteiger partial charge in [-0.3, -0.25) is 14.8 Å². The molecule has 28 heavy (non-hydrogen) atoms. The van der Waals surface area contributed by atoms with Crippen LogP contribution in [0.2, 0.25) is 0 Å².